The molecular formula is C14H14ClN3O3. The quantitative estimate of drug-likeness (QED) is 0.850. The van der Waals surface area contributed by atoms with Crippen molar-refractivity contribution < 1.29 is 14.7 Å². The molecule has 1 aromatic carbocycles. The highest BCUT2D eigenvalue weighted by atomic mass is 35.5. The van der Waals surface area contributed by atoms with Crippen molar-refractivity contribution in [2.45, 2.75) is 0 Å². The molecule has 0 atom stereocenters. The van der Waals surface area contributed by atoms with E-state index in [0.717, 1.165) is 0 Å². The van der Waals surface area contributed by atoms with Gasteiger partial charge >= 0.3 is 0 Å². The summed E-state index contributed by atoms with van der Waals surface area (Å²) in [5.74, 6) is 0.244. The number of methoxy groups -OCH3 is 1. The molecule has 0 spiro atoms. The molecule has 0 fully saturated rings. The third-order valence-corrected chi connectivity index (χ3v) is 3.13. The molecule has 2 N–H and O–H groups in total. The fourth-order valence-electron chi connectivity index (χ4n) is 1.79. The molecule has 1 aromatic heterocycles. The number of pyridine rings is 1. The molecule has 1 amide bonds. The number of hydrogen-bond acceptors (Lipinski definition) is 5. The highest BCUT2D eigenvalue weighted by molar-refractivity contribution is 6.31. The van der Waals surface area contributed by atoms with E-state index in [1.54, 1.807) is 38.4 Å². The normalized spacial score (nSPS) is 10.1. The number of aromatic nitrogens is 1. The van der Waals surface area contributed by atoms with Crippen LogP contribution in [0.5, 0.6) is 5.75 Å². The summed E-state index contributed by atoms with van der Waals surface area (Å²) in [6.45, 7) is 0. The molecule has 2 rings (SSSR count). The molecule has 1 heterocycles. The molecular weight excluding hydrogens is 294 g/mol. The van der Waals surface area contributed by atoms with Crippen LogP contribution in [0.3, 0.4) is 0 Å². The van der Waals surface area contributed by atoms with Gasteiger partial charge in [0.2, 0.25) is 0 Å². The number of nitrogens with zero attached hydrogens (tertiary/aromatic N) is 2. The van der Waals surface area contributed by atoms with Crippen LogP contribution in [0.2, 0.25) is 5.02 Å². The summed E-state index contributed by atoms with van der Waals surface area (Å²) >= 11 is 5.78. The lowest BCUT2D eigenvalue weighted by Crippen LogP contribution is -2.28. The molecule has 21 heavy (non-hydrogen) atoms. The number of amides is 1. The molecule has 0 aliphatic carbocycles. The molecule has 0 unspecified atom stereocenters. The van der Waals surface area contributed by atoms with E-state index < -0.39 is 5.91 Å². The van der Waals surface area contributed by atoms with Gasteiger partial charge in [0.1, 0.15) is 5.75 Å². The van der Waals surface area contributed by atoms with E-state index >= 15 is 0 Å². The topological polar surface area (TPSA) is 74.7 Å². The Morgan fingerprint density at radius 1 is 1.43 bits per heavy atom. The standard InChI is InChI=1S/C14H14ClN3O3/c1-18(10-4-3-5-11(7-10)21-2)14(19)13-12(17-20)6-9(15)8-16-13/h3-8,17,20H,1-2H3. The molecule has 0 bridgehead atoms. The highest BCUT2D eigenvalue weighted by Crippen LogP contribution is 2.24. The van der Waals surface area contributed by atoms with Crippen molar-refractivity contribution in [1.82, 2.24) is 4.98 Å². The van der Waals surface area contributed by atoms with Gasteiger partial charge < -0.3 is 9.64 Å². The molecule has 2 aromatic rings. The number of nitrogens with one attached hydrogen (secondary N) is 1. The van der Waals surface area contributed by atoms with Crippen LogP contribution in [0.15, 0.2) is 36.5 Å². The van der Waals surface area contributed by atoms with Crippen LogP contribution in [-0.4, -0.2) is 30.3 Å². The number of halogens is 1. The number of hydrogen-bond donors (Lipinski definition) is 2. The average Bonchev–Trinajstić information content (AvgIpc) is 2.53. The van der Waals surface area contributed by atoms with Crippen molar-refractivity contribution in [2.24, 2.45) is 0 Å². The summed E-state index contributed by atoms with van der Waals surface area (Å²) < 4.78 is 5.13. The van der Waals surface area contributed by atoms with Crippen molar-refractivity contribution in [2.75, 3.05) is 24.5 Å². The summed E-state index contributed by atoms with van der Waals surface area (Å²) in [4.78, 5) is 17.8. The molecule has 110 valence electrons. The van der Waals surface area contributed by atoms with Crippen molar-refractivity contribution in [3.8, 4) is 5.75 Å². The third-order valence-electron chi connectivity index (χ3n) is 2.92. The van der Waals surface area contributed by atoms with Crippen molar-refractivity contribution >= 4 is 28.9 Å². The number of carbonyl (C=O) groups is 1. The van der Waals surface area contributed by atoms with Gasteiger partial charge in [-0.05, 0) is 18.2 Å². The molecule has 0 saturated heterocycles. The van der Waals surface area contributed by atoms with E-state index in [-0.39, 0.29) is 11.4 Å². The minimum atomic E-state index is -0.392. The van der Waals surface area contributed by atoms with Gasteiger partial charge in [0.15, 0.2) is 5.69 Å². The summed E-state index contributed by atoms with van der Waals surface area (Å²) in [7, 11) is 3.16. The Labute approximate surface area is 126 Å². The van der Waals surface area contributed by atoms with Crippen LogP contribution in [0, 0.1) is 0 Å². The van der Waals surface area contributed by atoms with Gasteiger partial charge in [0.25, 0.3) is 5.91 Å². The molecule has 0 aliphatic heterocycles. The number of benzene rings is 1. The van der Waals surface area contributed by atoms with Gasteiger partial charge in [-0.2, -0.15) is 0 Å². The second kappa shape index (κ2) is 6.43. The monoisotopic (exact) mass is 307 g/mol. The second-order valence-corrected chi connectivity index (χ2v) is 4.66. The Morgan fingerprint density at radius 2 is 2.19 bits per heavy atom. The van der Waals surface area contributed by atoms with E-state index in [4.69, 9.17) is 21.5 Å². The number of ether oxygens (including phenoxy) is 1. The van der Waals surface area contributed by atoms with Gasteiger partial charge in [-0.1, -0.05) is 17.7 Å². The zero-order valence-electron chi connectivity index (χ0n) is 11.5. The Kier molecular flexibility index (Phi) is 4.62. The van der Waals surface area contributed by atoms with Gasteiger partial charge in [-0.25, -0.2) is 4.98 Å². The molecule has 6 nitrogen and oxygen atoms in total. The highest BCUT2D eigenvalue weighted by Gasteiger charge is 2.19. The Balaban J connectivity index is 2.34. The van der Waals surface area contributed by atoms with Gasteiger partial charge in [-0.15, -0.1) is 0 Å². The van der Waals surface area contributed by atoms with Crippen molar-refractivity contribution in [3.05, 3.63) is 47.2 Å². The average molecular weight is 308 g/mol. The summed E-state index contributed by atoms with van der Waals surface area (Å²) in [6.07, 6.45) is 1.34. The SMILES string of the molecule is COc1cccc(N(C)C(=O)c2ncc(Cl)cc2NO)c1. The van der Waals surface area contributed by atoms with Crippen LogP contribution in [-0.2, 0) is 0 Å². The van der Waals surface area contributed by atoms with E-state index in [1.165, 1.54) is 17.2 Å². The van der Waals surface area contributed by atoms with E-state index in [2.05, 4.69) is 4.98 Å². The minimum absolute atomic E-state index is 0.0622. The van der Waals surface area contributed by atoms with Crippen LogP contribution in [0.4, 0.5) is 11.4 Å². The first-order valence-electron chi connectivity index (χ1n) is 6.04. The third kappa shape index (κ3) is 3.24. The predicted octanol–water partition coefficient (Wildman–Crippen LogP) is 2.82. The maximum atomic E-state index is 12.5. The Hall–Kier alpha value is -2.31. The Bertz CT molecular complexity index is 664. The zero-order chi connectivity index (χ0) is 15.4. The zero-order valence-corrected chi connectivity index (χ0v) is 12.3. The van der Waals surface area contributed by atoms with Crippen LogP contribution >= 0.6 is 11.6 Å². The smallest absolute Gasteiger partial charge is 0.278 e. The van der Waals surface area contributed by atoms with Crippen molar-refractivity contribution in [1.29, 1.82) is 0 Å². The maximum Gasteiger partial charge on any atom is 0.278 e. The van der Waals surface area contributed by atoms with Crippen LogP contribution < -0.4 is 15.1 Å². The first-order chi connectivity index (χ1) is 10.1. The molecule has 0 radical (unpaired) electrons. The number of anilines is 2. The largest absolute Gasteiger partial charge is 0.497 e. The summed E-state index contributed by atoms with van der Waals surface area (Å²) in [6, 6.07) is 8.46. The lowest BCUT2D eigenvalue weighted by molar-refractivity contribution is 0.0988. The predicted molar refractivity (Wildman–Crippen MR) is 80.4 cm³/mol. The van der Waals surface area contributed by atoms with Crippen molar-refractivity contribution in [3.63, 3.8) is 0 Å². The summed E-state index contributed by atoms with van der Waals surface area (Å²) in [5, 5.41) is 9.40. The minimum Gasteiger partial charge on any atom is -0.497 e. The van der Waals surface area contributed by atoms with Gasteiger partial charge in [0.05, 0.1) is 17.8 Å². The fraction of sp³-hybridized carbons (Fsp3) is 0.143. The molecule has 0 saturated carbocycles. The second-order valence-electron chi connectivity index (χ2n) is 4.23. The molecule has 0 aliphatic rings. The number of rotatable bonds is 4. The van der Waals surface area contributed by atoms with E-state index in [1.807, 2.05) is 5.48 Å². The first kappa shape index (κ1) is 15.1. The summed E-state index contributed by atoms with van der Waals surface area (Å²) in [5.41, 5.74) is 2.77. The van der Waals surface area contributed by atoms with Gasteiger partial charge in [-0.3, -0.25) is 15.5 Å². The fourth-order valence-corrected chi connectivity index (χ4v) is 1.95. The van der Waals surface area contributed by atoms with Gasteiger partial charge in [0, 0.05) is 25.0 Å². The molecule has 7 heteroatoms. The maximum absolute atomic E-state index is 12.5. The number of carbonyl (C=O) groups excluding carboxylic acids is 1. The lowest BCUT2D eigenvalue weighted by atomic mass is 10.2. The Morgan fingerprint density at radius 3 is 2.86 bits per heavy atom. The van der Waals surface area contributed by atoms with E-state index in [0.29, 0.717) is 16.5 Å². The van der Waals surface area contributed by atoms with E-state index in [9.17, 15) is 4.79 Å². The van der Waals surface area contributed by atoms with Crippen LogP contribution in [0.25, 0.3) is 0 Å². The lowest BCUT2D eigenvalue weighted by Gasteiger charge is -2.18. The van der Waals surface area contributed by atoms with Crippen LogP contribution in [0.1, 0.15) is 10.5 Å². The first-order valence-corrected chi connectivity index (χ1v) is 6.42.